The Balaban J connectivity index is 1.88. The average Bonchev–Trinajstić information content (AvgIpc) is 2.75. The number of oxime groups is 1. The van der Waals surface area contributed by atoms with Gasteiger partial charge in [-0.05, 0) is 6.42 Å². The molecular formula is C12H19N3O3. The Bertz CT molecular complexity index is 384. The Kier molecular flexibility index (Phi) is 3.54. The van der Waals surface area contributed by atoms with Crippen LogP contribution in [0.25, 0.3) is 0 Å². The lowest BCUT2D eigenvalue weighted by Gasteiger charge is -2.37. The molecule has 0 aromatic rings. The first kappa shape index (κ1) is 12.9. The van der Waals surface area contributed by atoms with E-state index in [0.29, 0.717) is 44.5 Å². The summed E-state index contributed by atoms with van der Waals surface area (Å²) in [5.41, 5.74) is 5.09. The second-order valence-electron chi connectivity index (χ2n) is 4.98. The Morgan fingerprint density at radius 2 is 2.11 bits per heavy atom. The maximum absolute atomic E-state index is 11.8. The van der Waals surface area contributed by atoms with Gasteiger partial charge in [-0.1, -0.05) is 12.1 Å². The van der Waals surface area contributed by atoms with Gasteiger partial charge in [0.15, 0.2) is 0 Å². The van der Waals surface area contributed by atoms with Crippen LogP contribution in [0.2, 0.25) is 0 Å². The maximum Gasteiger partial charge on any atom is 0.266 e. The van der Waals surface area contributed by atoms with Crippen molar-refractivity contribution >= 4 is 17.5 Å². The van der Waals surface area contributed by atoms with Gasteiger partial charge in [0.05, 0.1) is 0 Å². The lowest BCUT2D eigenvalue weighted by atomic mass is 9.86. The predicted octanol–water partition coefficient (Wildman–Crippen LogP) is 0.409. The summed E-state index contributed by atoms with van der Waals surface area (Å²) in [6.45, 7) is 3.33. The Hall–Kier alpha value is -1.59. The molecule has 0 unspecified atom stereocenters. The fourth-order valence-electron chi connectivity index (χ4n) is 2.46. The summed E-state index contributed by atoms with van der Waals surface area (Å²) in [6.07, 6.45) is 3.35. The normalized spacial score (nSPS) is 21.6. The van der Waals surface area contributed by atoms with Gasteiger partial charge in [-0.2, -0.15) is 0 Å². The van der Waals surface area contributed by atoms with Crippen LogP contribution in [0, 0.1) is 0 Å². The van der Waals surface area contributed by atoms with Crippen LogP contribution >= 0.6 is 0 Å². The van der Waals surface area contributed by atoms with Gasteiger partial charge in [0.2, 0.25) is 5.91 Å². The van der Waals surface area contributed by atoms with E-state index >= 15 is 0 Å². The minimum Gasteiger partial charge on any atom is -0.388 e. The summed E-state index contributed by atoms with van der Waals surface area (Å²) < 4.78 is 0. The van der Waals surface area contributed by atoms with E-state index in [1.54, 1.807) is 0 Å². The maximum atomic E-state index is 11.8. The van der Waals surface area contributed by atoms with Gasteiger partial charge in [-0.25, -0.2) is 0 Å². The Morgan fingerprint density at radius 1 is 1.44 bits per heavy atom. The third-order valence-electron chi connectivity index (χ3n) is 3.61. The molecule has 2 aliphatic rings. The topological polar surface area (TPSA) is 85.0 Å². The number of nitrogens with zero attached hydrogens (tertiary/aromatic N) is 2. The number of hydrogen-bond acceptors (Lipinski definition) is 4. The molecule has 2 amide bonds. The van der Waals surface area contributed by atoms with Crippen LogP contribution < -0.4 is 5.73 Å². The number of carbonyl (C=O) groups is 2. The molecule has 1 fully saturated rings. The van der Waals surface area contributed by atoms with Crippen LogP contribution in [0.1, 0.15) is 39.0 Å². The smallest absolute Gasteiger partial charge is 0.266 e. The lowest BCUT2D eigenvalue weighted by Crippen LogP contribution is -2.47. The Labute approximate surface area is 106 Å². The van der Waals surface area contributed by atoms with E-state index < -0.39 is 11.5 Å². The van der Waals surface area contributed by atoms with Gasteiger partial charge >= 0.3 is 0 Å². The van der Waals surface area contributed by atoms with E-state index in [9.17, 15) is 9.59 Å². The number of hydrogen-bond donors (Lipinski definition) is 1. The van der Waals surface area contributed by atoms with Crippen molar-refractivity contribution < 1.29 is 14.4 Å². The molecule has 2 rings (SSSR count). The first-order chi connectivity index (χ1) is 8.56. The molecule has 6 nitrogen and oxygen atoms in total. The fraction of sp³-hybridized carbons (Fsp3) is 0.750. The minimum atomic E-state index is -0.517. The van der Waals surface area contributed by atoms with Crippen LogP contribution in [-0.2, 0) is 14.4 Å². The van der Waals surface area contributed by atoms with Crippen molar-refractivity contribution in [2.45, 2.75) is 44.6 Å². The average molecular weight is 253 g/mol. The SMILES string of the molecule is CCCC(=O)N1CCC2(CC1)CC(C(N)=O)=NO2. The molecule has 0 radical (unpaired) electrons. The van der Waals surface area contributed by atoms with Crippen molar-refractivity contribution in [3.05, 3.63) is 0 Å². The highest BCUT2D eigenvalue weighted by Gasteiger charge is 2.43. The van der Waals surface area contributed by atoms with Gasteiger partial charge in [0, 0.05) is 38.8 Å². The lowest BCUT2D eigenvalue weighted by molar-refractivity contribution is -0.136. The molecular weight excluding hydrogens is 234 g/mol. The van der Waals surface area contributed by atoms with Gasteiger partial charge < -0.3 is 15.5 Å². The first-order valence-electron chi connectivity index (χ1n) is 6.39. The third-order valence-corrected chi connectivity index (χ3v) is 3.61. The number of carbonyl (C=O) groups excluding carboxylic acids is 2. The number of rotatable bonds is 3. The quantitative estimate of drug-likeness (QED) is 0.790. The molecule has 0 aromatic heterocycles. The molecule has 0 aromatic carbocycles. The van der Waals surface area contributed by atoms with Crippen molar-refractivity contribution in [1.29, 1.82) is 0 Å². The molecule has 0 saturated carbocycles. The van der Waals surface area contributed by atoms with Crippen molar-refractivity contribution in [3.8, 4) is 0 Å². The molecule has 6 heteroatoms. The molecule has 2 heterocycles. The van der Waals surface area contributed by atoms with E-state index in [2.05, 4.69) is 5.16 Å². The van der Waals surface area contributed by atoms with Gasteiger partial charge in [-0.3, -0.25) is 9.59 Å². The zero-order valence-electron chi connectivity index (χ0n) is 10.6. The molecule has 2 aliphatic heterocycles. The molecule has 1 saturated heterocycles. The fourth-order valence-corrected chi connectivity index (χ4v) is 2.46. The number of amides is 2. The zero-order valence-corrected chi connectivity index (χ0v) is 10.6. The van der Waals surface area contributed by atoms with Gasteiger partial charge in [0.1, 0.15) is 11.3 Å². The molecule has 18 heavy (non-hydrogen) atoms. The molecule has 0 aliphatic carbocycles. The van der Waals surface area contributed by atoms with Crippen LogP contribution in [0.4, 0.5) is 0 Å². The minimum absolute atomic E-state index is 0.196. The summed E-state index contributed by atoms with van der Waals surface area (Å²) in [5, 5.41) is 3.76. The highest BCUT2D eigenvalue weighted by Crippen LogP contribution is 2.34. The van der Waals surface area contributed by atoms with Crippen LogP contribution in [-0.4, -0.2) is 41.1 Å². The monoisotopic (exact) mass is 253 g/mol. The highest BCUT2D eigenvalue weighted by atomic mass is 16.7. The third kappa shape index (κ3) is 2.47. The van der Waals surface area contributed by atoms with Crippen LogP contribution in [0.15, 0.2) is 5.16 Å². The van der Waals surface area contributed by atoms with Crippen LogP contribution in [0.5, 0.6) is 0 Å². The van der Waals surface area contributed by atoms with Gasteiger partial charge in [-0.15, -0.1) is 0 Å². The van der Waals surface area contributed by atoms with Crippen molar-refractivity contribution in [3.63, 3.8) is 0 Å². The van der Waals surface area contributed by atoms with E-state index in [0.717, 1.165) is 6.42 Å². The number of likely N-dealkylation sites (tertiary alicyclic amines) is 1. The van der Waals surface area contributed by atoms with Gasteiger partial charge in [0.25, 0.3) is 5.91 Å². The molecule has 1 spiro atoms. The molecule has 0 atom stereocenters. The second kappa shape index (κ2) is 4.96. The summed E-state index contributed by atoms with van der Waals surface area (Å²) in [7, 11) is 0. The summed E-state index contributed by atoms with van der Waals surface area (Å²) >= 11 is 0. The molecule has 2 N–H and O–H groups in total. The summed E-state index contributed by atoms with van der Waals surface area (Å²) in [6, 6.07) is 0. The summed E-state index contributed by atoms with van der Waals surface area (Å²) in [4.78, 5) is 30.0. The predicted molar refractivity (Wildman–Crippen MR) is 65.8 cm³/mol. The molecule has 0 bridgehead atoms. The standard InChI is InChI=1S/C12H19N3O3/c1-2-3-10(16)15-6-4-12(5-7-15)8-9(11(13)17)14-18-12/h2-8H2,1H3,(H2,13,17). The second-order valence-corrected chi connectivity index (χ2v) is 4.98. The van der Waals surface area contributed by atoms with E-state index in [4.69, 9.17) is 10.6 Å². The Morgan fingerprint density at radius 3 is 2.61 bits per heavy atom. The van der Waals surface area contributed by atoms with E-state index in [1.165, 1.54) is 0 Å². The molecule has 100 valence electrons. The van der Waals surface area contributed by atoms with Crippen molar-refractivity contribution in [2.75, 3.05) is 13.1 Å². The zero-order chi connectivity index (χ0) is 13.2. The van der Waals surface area contributed by atoms with Crippen molar-refractivity contribution in [1.82, 2.24) is 4.90 Å². The number of primary amides is 1. The first-order valence-corrected chi connectivity index (χ1v) is 6.39. The summed E-state index contributed by atoms with van der Waals surface area (Å²) in [5.74, 6) is -0.322. The van der Waals surface area contributed by atoms with Crippen LogP contribution in [0.3, 0.4) is 0 Å². The van der Waals surface area contributed by atoms with E-state index in [-0.39, 0.29) is 5.91 Å². The van der Waals surface area contributed by atoms with Crippen molar-refractivity contribution in [2.24, 2.45) is 10.9 Å². The van der Waals surface area contributed by atoms with E-state index in [1.807, 2.05) is 11.8 Å². The number of nitrogens with two attached hydrogens (primary N) is 1. The highest BCUT2D eigenvalue weighted by molar-refractivity contribution is 6.38. The number of piperidine rings is 1. The largest absolute Gasteiger partial charge is 0.388 e.